The average Bonchev–Trinajstić information content (AvgIpc) is 3.18. The smallest absolute Gasteiger partial charge is 0.262 e. The molecule has 0 bridgehead atoms. The molecule has 4 rings (SSSR count). The van der Waals surface area contributed by atoms with Gasteiger partial charge < -0.3 is 14.8 Å². The number of methoxy groups -OCH3 is 1. The molecule has 1 amide bonds. The number of anilines is 1. The molecule has 0 aliphatic carbocycles. The SMILES string of the molecule is COc1ccc(-n2nc3ccc(NC(=O)COc4cccc(C)c4C)cc3n2)cc1Cl. The summed E-state index contributed by atoms with van der Waals surface area (Å²) in [5, 5.41) is 12.3. The Morgan fingerprint density at radius 2 is 1.84 bits per heavy atom. The van der Waals surface area contributed by atoms with Crippen molar-refractivity contribution >= 4 is 34.2 Å². The monoisotopic (exact) mass is 436 g/mol. The van der Waals surface area contributed by atoms with Crippen LogP contribution in [-0.2, 0) is 4.79 Å². The van der Waals surface area contributed by atoms with Crippen LogP contribution in [0.15, 0.2) is 54.6 Å². The molecule has 0 fully saturated rings. The maximum Gasteiger partial charge on any atom is 0.262 e. The van der Waals surface area contributed by atoms with Gasteiger partial charge >= 0.3 is 0 Å². The molecule has 158 valence electrons. The summed E-state index contributed by atoms with van der Waals surface area (Å²) in [6, 6.07) is 16.4. The summed E-state index contributed by atoms with van der Waals surface area (Å²) in [4.78, 5) is 13.8. The summed E-state index contributed by atoms with van der Waals surface area (Å²) in [5.74, 6) is 1.02. The van der Waals surface area contributed by atoms with E-state index in [0.717, 1.165) is 11.1 Å². The molecule has 0 saturated heterocycles. The molecule has 1 aromatic heterocycles. The number of halogens is 1. The fourth-order valence-electron chi connectivity index (χ4n) is 3.11. The van der Waals surface area contributed by atoms with E-state index >= 15 is 0 Å². The van der Waals surface area contributed by atoms with E-state index in [1.807, 2.05) is 38.1 Å². The highest BCUT2D eigenvalue weighted by atomic mass is 35.5. The molecule has 8 heteroatoms. The molecule has 4 aromatic rings. The zero-order chi connectivity index (χ0) is 22.0. The number of amides is 1. The van der Waals surface area contributed by atoms with E-state index in [9.17, 15) is 4.79 Å². The topological polar surface area (TPSA) is 78.3 Å². The summed E-state index contributed by atoms with van der Waals surface area (Å²) < 4.78 is 10.8. The van der Waals surface area contributed by atoms with Gasteiger partial charge in [-0.05, 0) is 67.4 Å². The van der Waals surface area contributed by atoms with Crippen LogP contribution in [0, 0.1) is 13.8 Å². The third kappa shape index (κ3) is 4.46. The van der Waals surface area contributed by atoms with Crippen molar-refractivity contribution < 1.29 is 14.3 Å². The van der Waals surface area contributed by atoms with Crippen LogP contribution in [0.2, 0.25) is 5.02 Å². The van der Waals surface area contributed by atoms with Crippen LogP contribution in [0.5, 0.6) is 11.5 Å². The highest BCUT2D eigenvalue weighted by Crippen LogP contribution is 2.27. The van der Waals surface area contributed by atoms with Gasteiger partial charge in [0.2, 0.25) is 0 Å². The van der Waals surface area contributed by atoms with Gasteiger partial charge in [0.1, 0.15) is 22.5 Å². The molecular formula is C23H21ClN4O3. The summed E-state index contributed by atoms with van der Waals surface area (Å²) in [7, 11) is 1.56. The number of hydrogen-bond donors (Lipinski definition) is 1. The summed E-state index contributed by atoms with van der Waals surface area (Å²) in [5.41, 5.74) is 4.78. The standard InChI is InChI=1S/C23H21ClN4O3/c1-14-5-4-6-21(15(14)2)31-13-23(29)25-16-7-9-19-20(11-16)27-28(26-19)17-8-10-22(30-3)18(24)12-17/h4-12H,13H2,1-3H3,(H,25,29). The predicted molar refractivity (Wildman–Crippen MR) is 120 cm³/mol. The van der Waals surface area contributed by atoms with Gasteiger partial charge in [0.25, 0.3) is 5.91 Å². The number of aryl methyl sites for hydroxylation is 1. The van der Waals surface area contributed by atoms with Crippen molar-refractivity contribution in [2.45, 2.75) is 13.8 Å². The van der Waals surface area contributed by atoms with Gasteiger partial charge in [-0.1, -0.05) is 23.7 Å². The Morgan fingerprint density at radius 1 is 1.03 bits per heavy atom. The molecule has 0 aliphatic heterocycles. The lowest BCUT2D eigenvalue weighted by Crippen LogP contribution is -2.20. The van der Waals surface area contributed by atoms with E-state index in [2.05, 4.69) is 15.5 Å². The van der Waals surface area contributed by atoms with Gasteiger partial charge in [-0.15, -0.1) is 10.2 Å². The van der Waals surface area contributed by atoms with Crippen LogP contribution in [0.1, 0.15) is 11.1 Å². The molecule has 7 nitrogen and oxygen atoms in total. The zero-order valence-corrected chi connectivity index (χ0v) is 18.1. The molecular weight excluding hydrogens is 416 g/mol. The quantitative estimate of drug-likeness (QED) is 0.473. The summed E-state index contributed by atoms with van der Waals surface area (Å²) >= 11 is 6.20. The number of aromatic nitrogens is 3. The van der Waals surface area contributed by atoms with E-state index in [0.29, 0.717) is 38.9 Å². The number of nitrogens with zero attached hydrogens (tertiary/aromatic N) is 3. The van der Waals surface area contributed by atoms with Crippen LogP contribution in [-0.4, -0.2) is 34.6 Å². The highest BCUT2D eigenvalue weighted by Gasteiger charge is 2.11. The van der Waals surface area contributed by atoms with Crippen molar-refractivity contribution in [2.75, 3.05) is 19.0 Å². The van der Waals surface area contributed by atoms with Crippen LogP contribution < -0.4 is 14.8 Å². The number of rotatable bonds is 6. The number of hydrogen-bond acceptors (Lipinski definition) is 5. The second-order valence-corrected chi connectivity index (χ2v) is 7.45. The largest absolute Gasteiger partial charge is 0.495 e. The minimum atomic E-state index is -0.255. The second-order valence-electron chi connectivity index (χ2n) is 7.05. The molecule has 0 radical (unpaired) electrons. The van der Waals surface area contributed by atoms with E-state index in [-0.39, 0.29) is 12.5 Å². The number of carbonyl (C=O) groups excluding carboxylic acids is 1. The lowest BCUT2D eigenvalue weighted by molar-refractivity contribution is -0.118. The Kier molecular flexibility index (Phi) is 5.77. The second kappa shape index (κ2) is 8.65. The Balaban J connectivity index is 1.47. The number of fused-ring (bicyclic) bond motifs is 1. The normalized spacial score (nSPS) is 10.8. The molecule has 0 saturated carbocycles. The van der Waals surface area contributed by atoms with Crippen LogP contribution in [0.25, 0.3) is 16.7 Å². The average molecular weight is 437 g/mol. The van der Waals surface area contributed by atoms with Gasteiger partial charge in [-0.25, -0.2) is 0 Å². The van der Waals surface area contributed by atoms with Crippen LogP contribution >= 0.6 is 11.6 Å². The van der Waals surface area contributed by atoms with Crippen LogP contribution in [0.4, 0.5) is 5.69 Å². The number of ether oxygens (including phenoxy) is 2. The zero-order valence-electron chi connectivity index (χ0n) is 17.3. The third-order valence-electron chi connectivity index (χ3n) is 4.94. The maximum atomic E-state index is 12.3. The van der Waals surface area contributed by atoms with Crippen molar-refractivity contribution in [3.63, 3.8) is 0 Å². The van der Waals surface area contributed by atoms with Crippen molar-refractivity contribution in [2.24, 2.45) is 0 Å². The highest BCUT2D eigenvalue weighted by molar-refractivity contribution is 6.32. The first kappa shape index (κ1) is 20.7. The Bertz CT molecular complexity index is 1270. The molecule has 1 N–H and O–H groups in total. The van der Waals surface area contributed by atoms with Crippen molar-refractivity contribution in [1.82, 2.24) is 15.0 Å². The number of nitrogens with one attached hydrogen (secondary N) is 1. The van der Waals surface area contributed by atoms with E-state index < -0.39 is 0 Å². The number of carbonyl (C=O) groups is 1. The first-order chi connectivity index (χ1) is 14.9. The van der Waals surface area contributed by atoms with Crippen molar-refractivity contribution in [1.29, 1.82) is 0 Å². The first-order valence-electron chi connectivity index (χ1n) is 9.64. The van der Waals surface area contributed by atoms with Crippen molar-refractivity contribution in [3.8, 4) is 17.2 Å². The number of benzene rings is 3. The van der Waals surface area contributed by atoms with Gasteiger partial charge in [0.15, 0.2) is 6.61 Å². The summed E-state index contributed by atoms with van der Waals surface area (Å²) in [6.45, 7) is 3.89. The minimum absolute atomic E-state index is 0.0840. The lowest BCUT2D eigenvalue weighted by atomic mass is 10.1. The molecule has 0 unspecified atom stereocenters. The fraction of sp³-hybridized carbons (Fsp3) is 0.174. The van der Waals surface area contributed by atoms with Gasteiger partial charge in [0.05, 0.1) is 17.8 Å². The minimum Gasteiger partial charge on any atom is -0.495 e. The summed E-state index contributed by atoms with van der Waals surface area (Å²) in [6.07, 6.45) is 0. The molecule has 0 atom stereocenters. The van der Waals surface area contributed by atoms with Crippen molar-refractivity contribution in [3.05, 3.63) is 70.7 Å². The van der Waals surface area contributed by atoms with Crippen LogP contribution in [0.3, 0.4) is 0 Å². The fourth-order valence-corrected chi connectivity index (χ4v) is 3.36. The molecule has 0 aliphatic rings. The Hall–Kier alpha value is -3.58. The third-order valence-corrected chi connectivity index (χ3v) is 5.24. The predicted octanol–water partition coefficient (Wildman–Crippen LogP) is 4.72. The Morgan fingerprint density at radius 3 is 2.61 bits per heavy atom. The first-order valence-corrected chi connectivity index (χ1v) is 10.0. The van der Waals surface area contributed by atoms with E-state index in [1.165, 1.54) is 4.80 Å². The van der Waals surface area contributed by atoms with Gasteiger partial charge in [-0.2, -0.15) is 4.80 Å². The lowest BCUT2D eigenvalue weighted by Gasteiger charge is -2.11. The molecule has 0 spiro atoms. The van der Waals surface area contributed by atoms with E-state index in [4.69, 9.17) is 21.1 Å². The molecule has 3 aromatic carbocycles. The van der Waals surface area contributed by atoms with E-state index in [1.54, 1.807) is 37.4 Å². The Labute approximate surface area is 184 Å². The molecule has 1 heterocycles. The van der Waals surface area contributed by atoms with Gasteiger partial charge in [-0.3, -0.25) is 4.79 Å². The maximum absolute atomic E-state index is 12.3. The van der Waals surface area contributed by atoms with Gasteiger partial charge in [0, 0.05) is 5.69 Å². The molecule has 31 heavy (non-hydrogen) atoms.